The second kappa shape index (κ2) is 9.87. The summed E-state index contributed by atoms with van der Waals surface area (Å²) < 4.78 is 12.6. The molecule has 10 aromatic rings. The summed E-state index contributed by atoms with van der Waals surface area (Å²) in [4.78, 5) is 2.40. The topological polar surface area (TPSA) is 29.5 Å². The molecule has 0 radical (unpaired) electrons. The fraction of sp³-hybridized carbons (Fsp3) is 0.0638. The second-order valence-electron chi connectivity index (χ2n) is 14.2. The molecule has 0 N–H and O–H groups in total. The van der Waals surface area contributed by atoms with Crippen LogP contribution in [0.15, 0.2) is 160 Å². The van der Waals surface area contributed by atoms with Crippen molar-refractivity contribution < 1.29 is 8.83 Å². The van der Waals surface area contributed by atoms with Gasteiger partial charge in [0, 0.05) is 44.0 Å². The van der Waals surface area contributed by atoms with Crippen molar-refractivity contribution >= 4 is 82.5 Å². The lowest BCUT2D eigenvalue weighted by Gasteiger charge is -2.28. The largest absolute Gasteiger partial charge is 0.456 e. The third-order valence-electron chi connectivity index (χ3n) is 11.0. The molecule has 236 valence electrons. The zero-order valence-electron chi connectivity index (χ0n) is 27.7. The lowest BCUT2D eigenvalue weighted by Crippen LogP contribution is -2.16. The molecule has 8 aromatic carbocycles. The molecule has 2 aromatic heterocycles. The number of hydrogen-bond donors (Lipinski definition) is 0. The molecule has 0 atom stereocenters. The molecule has 2 heterocycles. The number of furan rings is 2. The zero-order valence-corrected chi connectivity index (χ0v) is 27.7. The molecule has 1 aliphatic carbocycles. The van der Waals surface area contributed by atoms with Gasteiger partial charge in [-0.25, -0.2) is 0 Å². The van der Waals surface area contributed by atoms with Gasteiger partial charge < -0.3 is 13.7 Å². The van der Waals surface area contributed by atoms with E-state index in [-0.39, 0.29) is 5.41 Å². The third-order valence-corrected chi connectivity index (χ3v) is 11.0. The molecule has 0 spiro atoms. The summed E-state index contributed by atoms with van der Waals surface area (Å²) in [6, 6.07) is 54.8. The summed E-state index contributed by atoms with van der Waals surface area (Å²) in [6.45, 7) is 4.69. The Kier molecular flexibility index (Phi) is 5.45. The number of rotatable bonds is 3. The molecule has 0 saturated heterocycles. The average molecular weight is 642 g/mol. The van der Waals surface area contributed by atoms with Crippen molar-refractivity contribution in [3.05, 3.63) is 163 Å². The average Bonchev–Trinajstić information content (AvgIpc) is 3.78. The van der Waals surface area contributed by atoms with Gasteiger partial charge in [-0.1, -0.05) is 98.8 Å². The van der Waals surface area contributed by atoms with Gasteiger partial charge in [-0.2, -0.15) is 0 Å². The van der Waals surface area contributed by atoms with Gasteiger partial charge in [-0.3, -0.25) is 0 Å². The first kappa shape index (κ1) is 27.6. The van der Waals surface area contributed by atoms with Gasteiger partial charge in [-0.05, 0) is 111 Å². The highest BCUT2D eigenvalue weighted by atomic mass is 16.3. The Balaban J connectivity index is 1.16. The molecule has 1 aliphatic rings. The number of benzene rings is 8. The van der Waals surface area contributed by atoms with Crippen LogP contribution in [0, 0.1) is 0 Å². The quantitative estimate of drug-likeness (QED) is 0.180. The van der Waals surface area contributed by atoms with E-state index >= 15 is 0 Å². The minimum atomic E-state index is -0.115. The first-order chi connectivity index (χ1) is 24.5. The van der Waals surface area contributed by atoms with Crippen LogP contribution < -0.4 is 4.90 Å². The molecular weight excluding hydrogens is 611 g/mol. The molecule has 0 bridgehead atoms. The highest BCUT2D eigenvalue weighted by molar-refractivity contribution is 6.17. The molecule has 0 unspecified atom stereocenters. The predicted octanol–water partition coefficient (Wildman–Crippen LogP) is 13.6. The van der Waals surface area contributed by atoms with E-state index in [0.29, 0.717) is 0 Å². The molecule has 3 heteroatoms. The van der Waals surface area contributed by atoms with E-state index in [1.54, 1.807) is 0 Å². The van der Waals surface area contributed by atoms with Gasteiger partial charge in [-0.15, -0.1) is 0 Å². The van der Waals surface area contributed by atoms with E-state index in [1.807, 2.05) is 24.3 Å². The monoisotopic (exact) mass is 641 g/mol. The molecular formula is C47H31NO2. The summed E-state index contributed by atoms with van der Waals surface area (Å²) in [5.41, 5.74) is 12.1. The van der Waals surface area contributed by atoms with Crippen LogP contribution in [0.4, 0.5) is 17.1 Å². The van der Waals surface area contributed by atoms with Crippen LogP contribution in [-0.4, -0.2) is 0 Å². The third kappa shape index (κ3) is 3.80. The number of anilines is 3. The minimum absolute atomic E-state index is 0.115. The number of fused-ring (bicyclic) bond motifs is 12. The van der Waals surface area contributed by atoms with E-state index in [1.165, 1.54) is 43.8 Å². The van der Waals surface area contributed by atoms with Gasteiger partial charge in [0.15, 0.2) is 0 Å². The van der Waals surface area contributed by atoms with Crippen molar-refractivity contribution in [3.63, 3.8) is 0 Å². The summed E-state index contributed by atoms with van der Waals surface area (Å²) in [5, 5.41) is 9.28. The van der Waals surface area contributed by atoms with Crippen LogP contribution in [0.5, 0.6) is 0 Å². The molecule has 0 saturated carbocycles. The number of hydrogen-bond acceptors (Lipinski definition) is 3. The summed E-state index contributed by atoms with van der Waals surface area (Å²) in [5.74, 6) is 0. The van der Waals surface area contributed by atoms with Crippen molar-refractivity contribution in [2.45, 2.75) is 19.3 Å². The van der Waals surface area contributed by atoms with Crippen LogP contribution in [0.1, 0.15) is 25.0 Å². The van der Waals surface area contributed by atoms with Crippen molar-refractivity contribution in [3.8, 4) is 11.1 Å². The Morgan fingerprint density at radius 2 is 0.920 bits per heavy atom. The fourth-order valence-corrected chi connectivity index (χ4v) is 8.53. The summed E-state index contributed by atoms with van der Waals surface area (Å²) >= 11 is 0. The second-order valence-corrected chi connectivity index (χ2v) is 14.2. The number of para-hydroxylation sites is 2. The maximum atomic E-state index is 6.36. The lowest BCUT2D eigenvalue weighted by molar-refractivity contribution is 0.660. The first-order valence-electron chi connectivity index (χ1n) is 17.2. The Bertz CT molecular complexity index is 3030. The number of nitrogens with zero attached hydrogens (tertiary/aromatic N) is 1. The van der Waals surface area contributed by atoms with Crippen LogP contribution in [0.3, 0.4) is 0 Å². The normalized spacial score (nSPS) is 13.6. The van der Waals surface area contributed by atoms with E-state index in [2.05, 4.69) is 146 Å². The fourth-order valence-electron chi connectivity index (χ4n) is 8.53. The van der Waals surface area contributed by atoms with Gasteiger partial charge in [0.1, 0.15) is 22.3 Å². The van der Waals surface area contributed by atoms with Gasteiger partial charge >= 0.3 is 0 Å². The maximum Gasteiger partial charge on any atom is 0.136 e. The van der Waals surface area contributed by atoms with Gasteiger partial charge in [0.2, 0.25) is 0 Å². The van der Waals surface area contributed by atoms with Gasteiger partial charge in [0.05, 0.1) is 0 Å². The molecule has 50 heavy (non-hydrogen) atoms. The Hall–Kier alpha value is -6.32. The van der Waals surface area contributed by atoms with Crippen LogP contribution in [-0.2, 0) is 5.41 Å². The standard InChI is InChI=1S/C47H31NO2/c1-47(2)41-12-6-3-9-33(41)34-21-19-32(26-42(34)47)48(31-20-22-45-40(25-31)36-11-5-7-13-43(36)49-45)30-18-17-28-15-16-29-23-39-35-10-4-8-14-44(35)50-46(39)27-38(29)37(28)24-30/h3-27H,1-2H3. The smallest absolute Gasteiger partial charge is 0.136 e. The minimum Gasteiger partial charge on any atom is -0.456 e. The highest BCUT2D eigenvalue weighted by Gasteiger charge is 2.35. The molecule has 3 nitrogen and oxygen atoms in total. The Morgan fingerprint density at radius 3 is 1.74 bits per heavy atom. The van der Waals surface area contributed by atoms with Gasteiger partial charge in [0.25, 0.3) is 0 Å². The molecule has 0 aliphatic heterocycles. The van der Waals surface area contributed by atoms with Crippen LogP contribution in [0.2, 0.25) is 0 Å². The SMILES string of the molecule is CC1(C)c2ccccc2-c2ccc(N(c3ccc4ccc5cc6c(cc5c4c3)oc3ccccc36)c3ccc4oc5ccccc5c4c3)cc21. The van der Waals surface area contributed by atoms with Crippen LogP contribution in [0.25, 0.3) is 76.5 Å². The molecule has 0 amide bonds. The van der Waals surface area contributed by atoms with Crippen molar-refractivity contribution in [1.82, 2.24) is 0 Å². The van der Waals surface area contributed by atoms with Crippen molar-refractivity contribution in [2.75, 3.05) is 4.90 Å². The molecule has 0 fully saturated rings. The maximum absolute atomic E-state index is 6.36. The Morgan fingerprint density at radius 1 is 0.380 bits per heavy atom. The van der Waals surface area contributed by atoms with E-state index in [4.69, 9.17) is 8.83 Å². The first-order valence-corrected chi connectivity index (χ1v) is 17.2. The Labute approximate surface area is 288 Å². The molecule has 11 rings (SSSR count). The zero-order chi connectivity index (χ0) is 33.1. The van der Waals surface area contributed by atoms with Crippen LogP contribution >= 0.6 is 0 Å². The van der Waals surface area contributed by atoms with E-state index in [9.17, 15) is 0 Å². The predicted molar refractivity (Wildman–Crippen MR) is 208 cm³/mol. The summed E-state index contributed by atoms with van der Waals surface area (Å²) in [6.07, 6.45) is 0. The van der Waals surface area contributed by atoms with E-state index < -0.39 is 0 Å². The van der Waals surface area contributed by atoms with Crippen molar-refractivity contribution in [2.24, 2.45) is 0 Å². The van der Waals surface area contributed by atoms with E-state index in [0.717, 1.165) is 60.9 Å². The van der Waals surface area contributed by atoms with Crippen molar-refractivity contribution in [1.29, 1.82) is 0 Å². The highest BCUT2D eigenvalue weighted by Crippen LogP contribution is 2.51. The lowest BCUT2D eigenvalue weighted by atomic mass is 9.82. The summed E-state index contributed by atoms with van der Waals surface area (Å²) in [7, 11) is 0.